The van der Waals surface area contributed by atoms with Gasteiger partial charge in [0.1, 0.15) is 18.5 Å². The molecule has 0 amide bonds. The number of nitrogens with one attached hydrogen (secondary N) is 2. The number of hydrogen-bond donors (Lipinski definition) is 3. The Hall–Kier alpha value is -2.67. The van der Waals surface area contributed by atoms with Crippen LogP contribution < -0.4 is 5.32 Å². The Balaban J connectivity index is 1.70. The van der Waals surface area contributed by atoms with Gasteiger partial charge in [-0.1, -0.05) is 30.3 Å². The van der Waals surface area contributed by atoms with Crippen molar-refractivity contribution in [2.24, 2.45) is 0 Å². The number of carboxylic acid groups (broad SMARTS) is 1. The lowest BCUT2D eigenvalue weighted by Gasteiger charge is -2.14. The highest BCUT2D eigenvalue weighted by Crippen LogP contribution is 2.04. The lowest BCUT2D eigenvalue weighted by Crippen LogP contribution is -2.39. The maximum Gasteiger partial charge on any atom is 0.321 e. The molecular formula is C18H23N3O4. The monoisotopic (exact) mass is 345 g/mol. The van der Waals surface area contributed by atoms with Crippen LogP contribution in [-0.4, -0.2) is 39.6 Å². The smallest absolute Gasteiger partial charge is 0.321 e. The van der Waals surface area contributed by atoms with Gasteiger partial charge in [-0.15, -0.1) is 0 Å². The molecule has 0 aliphatic rings. The van der Waals surface area contributed by atoms with E-state index in [0.717, 1.165) is 29.9 Å². The van der Waals surface area contributed by atoms with E-state index in [1.165, 1.54) is 0 Å². The Morgan fingerprint density at radius 2 is 2.08 bits per heavy atom. The number of imidazole rings is 1. The summed E-state index contributed by atoms with van der Waals surface area (Å²) in [5.41, 5.74) is 1.87. The fourth-order valence-electron chi connectivity index (χ4n) is 2.36. The number of hydrogen-bond acceptors (Lipinski definition) is 5. The number of aliphatic carboxylic acids is 1. The number of carbonyl (C=O) groups is 2. The lowest BCUT2D eigenvalue weighted by molar-refractivity contribution is -0.150. The predicted octanol–water partition coefficient (Wildman–Crippen LogP) is 1.83. The highest BCUT2D eigenvalue weighted by atomic mass is 16.5. The van der Waals surface area contributed by atoms with E-state index in [1.54, 1.807) is 6.20 Å². The first-order valence-electron chi connectivity index (χ1n) is 8.21. The largest absolute Gasteiger partial charge is 0.480 e. The molecule has 134 valence electrons. The van der Waals surface area contributed by atoms with Crippen molar-refractivity contribution in [3.8, 4) is 0 Å². The summed E-state index contributed by atoms with van der Waals surface area (Å²) in [6.07, 6.45) is 3.07. The number of carboxylic acids is 1. The van der Waals surface area contributed by atoms with E-state index in [1.807, 2.05) is 37.3 Å². The molecule has 0 unspecified atom stereocenters. The van der Waals surface area contributed by atoms with Crippen LogP contribution in [0.1, 0.15) is 29.9 Å². The number of rotatable bonds is 10. The summed E-state index contributed by atoms with van der Waals surface area (Å²) in [6, 6.07) is 8.32. The molecule has 1 aromatic carbocycles. The molecule has 2 rings (SSSR count). The Morgan fingerprint density at radius 1 is 1.32 bits per heavy atom. The molecule has 0 bridgehead atoms. The van der Waals surface area contributed by atoms with Crippen LogP contribution in [0.25, 0.3) is 0 Å². The van der Waals surface area contributed by atoms with Crippen LogP contribution in [0.3, 0.4) is 0 Å². The van der Waals surface area contributed by atoms with Gasteiger partial charge >= 0.3 is 11.9 Å². The topological polar surface area (TPSA) is 104 Å². The Kier molecular flexibility index (Phi) is 7.16. The number of benzene rings is 1. The third-order valence-electron chi connectivity index (χ3n) is 3.68. The van der Waals surface area contributed by atoms with Crippen LogP contribution >= 0.6 is 0 Å². The second kappa shape index (κ2) is 9.58. The first-order chi connectivity index (χ1) is 12.0. The number of aromatic amines is 1. The summed E-state index contributed by atoms with van der Waals surface area (Å²) in [5.74, 6) is -0.741. The number of ether oxygens (including phenoxy) is 1. The van der Waals surface area contributed by atoms with Gasteiger partial charge in [0, 0.05) is 11.9 Å². The number of carbonyl (C=O) groups excluding carboxylic acids is 1. The van der Waals surface area contributed by atoms with Gasteiger partial charge in [-0.3, -0.25) is 9.59 Å². The lowest BCUT2D eigenvalue weighted by atomic mass is 10.2. The molecule has 3 N–H and O–H groups in total. The van der Waals surface area contributed by atoms with Crippen molar-refractivity contribution in [1.29, 1.82) is 0 Å². The molecule has 0 spiro atoms. The van der Waals surface area contributed by atoms with E-state index in [9.17, 15) is 14.7 Å². The molecular weight excluding hydrogens is 322 g/mol. The van der Waals surface area contributed by atoms with Crippen LogP contribution in [0.2, 0.25) is 0 Å². The highest BCUT2D eigenvalue weighted by Gasteiger charge is 2.21. The molecule has 0 saturated carbocycles. The molecule has 0 fully saturated rings. The average Bonchev–Trinajstić information content (AvgIpc) is 3.01. The zero-order valence-corrected chi connectivity index (χ0v) is 14.2. The fraction of sp³-hybridized carbons (Fsp3) is 0.389. The quantitative estimate of drug-likeness (QED) is 0.448. The predicted molar refractivity (Wildman–Crippen MR) is 91.9 cm³/mol. The molecule has 1 aromatic heterocycles. The zero-order chi connectivity index (χ0) is 18.1. The number of aryl methyl sites for hydroxylation is 2. The Labute approximate surface area is 146 Å². The molecule has 2 aromatic rings. The maximum absolute atomic E-state index is 11.8. The summed E-state index contributed by atoms with van der Waals surface area (Å²) >= 11 is 0. The van der Waals surface area contributed by atoms with Gasteiger partial charge in [-0.25, -0.2) is 4.98 Å². The van der Waals surface area contributed by atoms with Crippen molar-refractivity contribution in [3.63, 3.8) is 0 Å². The summed E-state index contributed by atoms with van der Waals surface area (Å²) in [7, 11) is 0. The SMILES string of the molecule is Cc1ncc(CCCN[C@@H](CC(=O)OCc2ccccc2)C(=O)O)[nH]1. The van der Waals surface area contributed by atoms with E-state index in [2.05, 4.69) is 15.3 Å². The van der Waals surface area contributed by atoms with Crippen molar-refractivity contribution >= 4 is 11.9 Å². The molecule has 7 nitrogen and oxygen atoms in total. The second-order valence-electron chi connectivity index (χ2n) is 5.79. The highest BCUT2D eigenvalue weighted by molar-refractivity contribution is 5.81. The van der Waals surface area contributed by atoms with Gasteiger partial charge in [0.05, 0.1) is 6.42 Å². The number of aromatic nitrogens is 2. The van der Waals surface area contributed by atoms with Crippen LogP contribution in [0.5, 0.6) is 0 Å². The van der Waals surface area contributed by atoms with Crippen molar-refractivity contribution in [1.82, 2.24) is 15.3 Å². The molecule has 0 aliphatic carbocycles. The van der Waals surface area contributed by atoms with E-state index in [4.69, 9.17) is 4.74 Å². The fourth-order valence-corrected chi connectivity index (χ4v) is 2.36. The second-order valence-corrected chi connectivity index (χ2v) is 5.79. The average molecular weight is 345 g/mol. The van der Waals surface area contributed by atoms with E-state index in [0.29, 0.717) is 6.54 Å². The summed E-state index contributed by atoms with van der Waals surface area (Å²) in [6.45, 7) is 2.51. The Morgan fingerprint density at radius 3 is 2.72 bits per heavy atom. The van der Waals surface area contributed by atoms with Gasteiger partial charge in [-0.05, 0) is 31.9 Å². The van der Waals surface area contributed by atoms with Crippen LogP contribution in [-0.2, 0) is 27.4 Å². The third kappa shape index (κ3) is 6.76. The van der Waals surface area contributed by atoms with E-state index >= 15 is 0 Å². The van der Waals surface area contributed by atoms with Crippen molar-refractivity contribution < 1.29 is 19.4 Å². The minimum Gasteiger partial charge on any atom is -0.480 e. The summed E-state index contributed by atoms with van der Waals surface area (Å²) in [5, 5.41) is 12.1. The first kappa shape index (κ1) is 18.7. The summed E-state index contributed by atoms with van der Waals surface area (Å²) < 4.78 is 5.13. The molecule has 7 heteroatoms. The summed E-state index contributed by atoms with van der Waals surface area (Å²) in [4.78, 5) is 30.4. The molecule has 0 aliphatic heterocycles. The standard InChI is InChI=1S/C18H23N3O4/c1-13-20-11-15(21-13)8-5-9-19-16(18(23)24)10-17(22)25-12-14-6-3-2-4-7-14/h2-4,6-7,11,16,19H,5,8-10,12H2,1H3,(H,20,21)(H,23,24)/t16-/m0/s1. The third-order valence-corrected chi connectivity index (χ3v) is 3.68. The van der Waals surface area contributed by atoms with Crippen molar-refractivity contribution in [3.05, 3.63) is 53.6 Å². The van der Waals surface area contributed by atoms with Crippen LogP contribution in [0.4, 0.5) is 0 Å². The minimum atomic E-state index is -1.06. The van der Waals surface area contributed by atoms with Crippen LogP contribution in [0.15, 0.2) is 36.5 Å². The minimum absolute atomic E-state index is 0.144. The number of esters is 1. The molecule has 1 atom stereocenters. The maximum atomic E-state index is 11.8. The number of H-pyrrole nitrogens is 1. The molecule has 25 heavy (non-hydrogen) atoms. The van der Waals surface area contributed by atoms with Crippen molar-refractivity contribution in [2.75, 3.05) is 6.54 Å². The number of nitrogens with zero attached hydrogens (tertiary/aromatic N) is 1. The van der Waals surface area contributed by atoms with E-state index in [-0.39, 0.29) is 13.0 Å². The Bertz CT molecular complexity index is 685. The first-order valence-corrected chi connectivity index (χ1v) is 8.21. The normalized spacial score (nSPS) is 11.9. The van der Waals surface area contributed by atoms with Gasteiger partial charge in [0.25, 0.3) is 0 Å². The van der Waals surface area contributed by atoms with Crippen LogP contribution in [0, 0.1) is 6.92 Å². The molecule has 0 saturated heterocycles. The van der Waals surface area contributed by atoms with E-state index < -0.39 is 18.0 Å². The van der Waals surface area contributed by atoms with Gasteiger partial charge in [0.2, 0.25) is 0 Å². The zero-order valence-electron chi connectivity index (χ0n) is 14.2. The van der Waals surface area contributed by atoms with Gasteiger partial charge in [-0.2, -0.15) is 0 Å². The van der Waals surface area contributed by atoms with Gasteiger partial charge < -0.3 is 20.1 Å². The molecule has 0 radical (unpaired) electrons. The van der Waals surface area contributed by atoms with Crippen molar-refractivity contribution in [2.45, 2.75) is 38.8 Å². The van der Waals surface area contributed by atoms with Gasteiger partial charge in [0.15, 0.2) is 0 Å². The molecule has 1 heterocycles.